The van der Waals surface area contributed by atoms with Crippen LogP contribution in [0.2, 0.25) is 0 Å². The molecule has 7 aromatic carbocycles. The molecule has 9 aromatic rings. The average molecular weight is 575 g/mol. The molecule has 0 fully saturated rings. The highest BCUT2D eigenvalue weighted by molar-refractivity contribution is 6.10. The number of benzene rings is 7. The maximum absolute atomic E-state index is 2.39. The summed E-state index contributed by atoms with van der Waals surface area (Å²) < 4.78 is 4.78. The van der Waals surface area contributed by atoms with Crippen LogP contribution in [0.3, 0.4) is 0 Å². The summed E-state index contributed by atoms with van der Waals surface area (Å²) in [4.78, 5) is 0. The SMILES string of the molecule is Cc1cc(-c2cccc(-n3c4ccccc4c4ccccc43)c2)cc(-c2cccc(-n3c4ccccc4c4ccccc43)c2)c1. The summed E-state index contributed by atoms with van der Waals surface area (Å²) in [5.74, 6) is 0. The fourth-order valence-electron chi connectivity index (χ4n) is 7.17. The largest absolute Gasteiger partial charge is 0.309 e. The summed E-state index contributed by atoms with van der Waals surface area (Å²) in [6, 6.07) is 59.6. The molecule has 0 amide bonds. The van der Waals surface area contributed by atoms with Gasteiger partial charge in [0.15, 0.2) is 0 Å². The summed E-state index contributed by atoms with van der Waals surface area (Å²) in [6.07, 6.45) is 0. The number of aromatic nitrogens is 2. The van der Waals surface area contributed by atoms with Crippen LogP contribution in [0, 0.1) is 6.92 Å². The Bertz CT molecular complexity index is 2280. The number of aryl methyl sites for hydroxylation is 1. The number of nitrogens with zero attached hydrogens (tertiary/aromatic N) is 2. The molecule has 212 valence electrons. The zero-order chi connectivity index (χ0) is 29.9. The van der Waals surface area contributed by atoms with Crippen molar-refractivity contribution in [1.82, 2.24) is 9.13 Å². The van der Waals surface area contributed by atoms with Crippen molar-refractivity contribution in [2.45, 2.75) is 6.92 Å². The van der Waals surface area contributed by atoms with Crippen molar-refractivity contribution in [3.05, 3.63) is 169 Å². The first-order valence-corrected chi connectivity index (χ1v) is 15.5. The molecule has 0 unspecified atom stereocenters. The van der Waals surface area contributed by atoms with Gasteiger partial charge in [0, 0.05) is 32.9 Å². The lowest BCUT2D eigenvalue weighted by Gasteiger charge is -2.13. The number of para-hydroxylation sites is 4. The van der Waals surface area contributed by atoms with E-state index in [-0.39, 0.29) is 0 Å². The molecule has 2 heteroatoms. The molecule has 0 spiro atoms. The molecule has 2 nitrogen and oxygen atoms in total. The molecule has 0 aliphatic carbocycles. The van der Waals surface area contributed by atoms with Gasteiger partial charge in [-0.05, 0) is 89.3 Å². The Labute approximate surface area is 262 Å². The van der Waals surface area contributed by atoms with Gasteiger partial charge in [0.25, 0.3) is 0 Å². The smallest absolute Gasteiger partial charge is 0.0541 e. The maximum Gasteiger partial charge on any atom is 0.0541 e. The van der Waals surface area contributed by atoms with E-state index in [0.717, 1.165) is 0 Å². The van der Waals surface area contributed by atoms with Crippen LogP contribution in [-0.2, 0) is 0 Å². The van der Waals surface area contributed by atoms with E-state index in [1.807, 2.05) is 0 Å². The summed E-state index contributed by atoms with van der Waals surface area (Å²) in [5, 5.41) is 5.11. The molecule has 45 heavy (non-hydrogen) atoms. The molecule has 0 saturated heterocycles. The third kappa shape index (κ3) is 4.11. The summed E-state index contributed by atoms with van der Waals surface area (Å²) in [6.45, 7) is 2.20. The van der Waals surface area contributed by atoms with Gasteiger partial charge < -0.3 is 9.13 Å². The van der Waals surface area contributed by atoms with Crippen LogP contribution in [0.25, 0.3) is 77.2 Å². The standard InChI is InChI=1S/C43H30N2/c1-29-24-32(30-12-10-14-34(27-30)44-40-20-6-2-16-36(40)37-17-3-7-21-41(37)44)26-33(25-29)31-13-11-15-35(28-31)45-42-22-8-4-18-38(42)39-19-5-9-23-43(39)45/h2-28H,1H3. The van der Waals surface area contributed by atoms with Gasteiger partial charge in [0.1, 0.15) is 0 Å². The van der Waals surface area contributed by atoms with Crippen molar-refractivity contribution < 1.29 is 0 Å². The number of rotatable bonds is 4. The average Bonchev–Trinajstić information content (AvgIpc) is 3.61. The monoisotopic (exact) mass is 574 g/mol. The van der Waals surface area contributed by atoms with Crippen LogP contribution >= 0.6 is 0 Å². The Balaban J connectivity index is 1.17. The fourth-order valence-corrected chi connectivity index (χ4v) is 7.17. The lowest BCUT2D eigenvalue weighted by atomic mass is 9.96. The molecule has 0 aliphatic rings. The summed E-state index contributed by atoms with van der Waals surface area (Å²) in [5.41, 5.74) is 13.3. The van der Waals surface area contributed by atoms with Crippen molar-refractivity contribution in [2.24, 2.45) is 0 Å². The van der Waals surface area contributed by atoms with Crippen molar-refractivity contribution in [3.63, 3.8) is 0 Å². The second-order valence-corrected chi connectivity index (χ2v) is 11.9. The van der Waals surface area contributed by atoms with E-state index in [4.69, 9.17) is 0 Å². The molecular formula is C43H30N2. The van der Waals surface area contributed by atoms with Gasteiger partial charge in [-0.15, -0.1) is 0 Å². The first-order chi connectivity index (χ1) is 22.2. The van der Waals surface area contributed by atoms with Gasteiger partial charge in [-0.25, -0.2) is 0 Å². The van der Waals surface area contributed by atoms with Crippen LogP contribution < -0.4 is 0 Å². The number of hydrogen-bond donors (Lipinski definition) is 0. The van der Waals surface area contributed by atoms with Crippen molar-refractivity contribution >= 4 is 43.6 Å². The minimum atomic E-state index is 1.17. The molecule has 0 saturated carbocycles. The Morgan fingerprint density at radius 3 is 1.04 bits per heavy atom. The van der Waals surface area contributed by atoms with Crippen LogP contribution in [0.5, 0.6) is 0 Å². The second kappa shape index (κ2) is 10.1. The fraction of sp³-hybridized carbons (Fsp3) is 0.0233. The zero-order valence-corrected chi connectivity index (χ0v) is 25.0. The Morgan fingerprint density at radius 1 is 0.311 bits per heavy atom. The molecule has 0 atom stereocenters. The van der Waals surface area contributed by atoms with E-state index in [9.17, 15) is 0 Å². The second-order valence-electron chi connectivity index (χ2n) is 11.9. The normalized spacial score (nSPS) is 11.7. The molecule has 0 N–H and O–H groups in total. The summed E-state index contributed by atoms with van der Waals surface area (Å²) in [7, 11) is 0. The zero-order valence-electron chi connectivity index (χ0n) is 25.0. The third-order valence-corrected chi connectivity index (χ3v) is 9.11. The first kappa shape index (κ1) is 25.6. The van der Waals surface area contributed by atoms with Gasteiger partial charge in [-0.1, -0.05) is 109 Å². The highest BCUT2D eigenvalue weighted by Crippen LogP contribution is 2.36. The Kier molecular flexibility index (Phi) is 5.76. The van der Waals surface area contributed by atoms with Crippen LogP contribution in [0.15, 0.2) is 164 Å². The van der Waals surface area contributed by atoms with E-state index in [0.29, 0.717) is 0 Å². The van der Waals surface area contributed by atoms with E-state index < -0.39 is 0 Å². The number of fused-ring (bicyclic) bond motifs is 6. The lowest BCUT2D eigenvalue weighted by Crippen LogP contribution is -1.95. The molecule has 0 bridgehead atoms. The van der Waals surface area contributed by atoms with Crippen LogP contribution in [-0.4, -0.2) is 9.13 Å². The number of hydrogen-bond acceptors (Lipinski definition) is 0. The minimum Gasteiger partial charge on any atom is -0.309 e. The quantitative estimate of drug-likeness (QED) is 0.198. The predicted molar refractivity (Wildman–Crippen MR) is 191 cm³/mol. The van der Waals surface area contributed by atoms with Crippen molar-refractivity contribution in [2.75, 3.05) is 0 Å². The van der Waals surface area contributed by atoms with Crippen molar-refractivity contribution in [3.8, 4) is 33.6 Å². The van der Waals surface area contributed by atoms with Gasteiger partial charge in [-0.2, -0.15) is 0 Å². The van der Waals surface area contributed by atoms with Crippen molar-refractivity contribution in [1.29, 1.82) is 0 Å². The van der Waals surface area contributed by atoms with E-state index in [1.165, 1.54) is 82.8 Å². The van der Waals surface area contributed by atoms with Gasteiger partial charge in [0.05, 0.1) is 22.1 Å². The first-order valence-electron chi connectivity index (χ1n) is 15.5. The van der Waals surface area contributed by atoms with Crippen LogP contribution in [0.1, 0.15) is 5.56 Å². The molecule has 9 rings (SSSR count). The third-order valence-electron chi connectivity index (χ3n) is 9.11. The highest BCUT2D eigenvalue weighted by Gasteiger charge is 2.14. The molecule has 0 radical (unpaired) electrons. The molecule has 2 heterocycles. The van der Waals surface area contributed by atoms with Gasteiger partial charge in [0.2, 0.25) is 0 Å². The lowest BCUT2D eigenvalue weighted by molar-refractivity contribution is 1.18. The molecular weight excluding hydrogens is 544 g/mol. The Hall–Kier alpha value is -5.86. The van der Waals surface area contributed by atoms with E-state index >= 15 is 0 Å². The van der Waals surface area contributed by atoms with Crippen LogP contribution in [0.4, 0.5) is 0 Å². The van der Waals surface area contributed by atoms with Gasteiger partial charge in [-0.3, -0.25) is 0 Å². The Morgan fingerprint density at radius 2 is 0.667 bits per heavy atom. The minimum absolute atomic E-state index is 1.17. The maximum atomic E-state index is 2.39. The van der Waals surface area contributed by atoms with E-state index in [2.05, 4.69) is 180 Å². The highest BCUT2D eigenvalue weighted by atomic mass is 15.0. The topological polar surface area (TPSA) is 9.86 Å². The summed E-state index contributed by atoms with van der Waals surface area (Å²) >= 11 is 0. The van der Waals surface area contributed by atoms with E-state index in [1.54, 1.807) is 0 Å². The molecule has 0 aliphatic heterocycles. The predicted octanol–water partition coefficient (Wildman–Crippen LogP) is 11.5. The molecule has 2 aromatic heterocycles. The van der Waals surface area contributed by atoms with Gasteiger partial charge >= 0.3 is 0 Å².